The van der Waals surface area contributed by atoms with E-state index in [9.17, 15) is 9.59 Å². The van der Waals surface area contributed by atoms with Crippen molar-refractivity contribution in [1.29, 1.82) is 0 Å². The Labute approximate surface area is 184 Å². The van der Waals surface area contributed by atoms with E-state index < -0.39 is 5.97 Å². The smallest absolute Gasteiger partial charge is 0.344 e. The van der Waals surface area contributed by atoms with E-state index in [1.807, 2.05) is 55.5 Å². The number of carbonyl (C=O) groups excluding carboxylic acids is 2. The quantitative estimate of drug-likeness (QED) is 0.495. The first-order valence-corrected chi connectivity index (χ1v) is 10.7. The third kappa shape index (κ3) is 4.83. The molecule has 4 rings (SSSR count). The maximum atomic E-state index is 13.0. The molecule has 7 heteroatoms. The van der Waals surface area contributed by atoms with Gasteiger partial charge in [0.25, 0.3) is 5.91 Å². The number of esters is 1. The zero-order valence-electron chi connectivity index (χ0n) is 16.9. The zero-order valence-corrected chi connectivity index (χ0v) is 17.8. The van der Waals surface area contributed by atoms with Crippen molar-refractivity contribution in [2.24, 2.45) is 0 Å². The summed E-state index contributed by atoms with van der Waals surface area (Å²) in [6.07, 6.45) is 0. The second kappa shape index (κ2) is 9.57. The van der Waals surface area contributed by atoms with E-state index in [2.05, 4.69) is 0 Å². The second-order valence-corrected chi connectivity index (χ2v) is 7.70. The lowest BCUT2D eigenvalue weighted by Gasteiger charge is -2.30. The third-order valence-corrected chi connectivity index (χ3v) is 5.66. The molecule has 0 aliphatic carbocycles. The topological polar surface area (TPSA) is 65.1 Å². The normalized spacial score (nSPS) is 11.8. The minimum absolute atomic E-state index is 0.287. The molecule has 0 radical (unpaired) electrons. The summed E-state index contributed by atoms with van der Waals surface area (Å²) < 4.78 is 16.0. The van der Waals surface area contributed by atoms with Gasteiger partial charge in [-0.25, -0.2) is 4.79 Å². The van der Waals surface area contributed by atoms with Crippen LogP contribution in [0, 0.1) is 0 Å². The van der Waals surface area contributed by atoms with Gasteiger partial charge in [0.2, 0.25) is 0 Å². The minimum atomic E-state index is -0.616. The number of benzene rings is 3. The van der Waals surface area contributed by atoms with E-state index in [1.54, 1.807) is 40.9 Å². The summed E-state index contributed by atoms with van der Waals surface area (Å²) in [4.78, 5) is 28.6. The summed E-state index contributed by atoms with van der Waals surface area (Å²) in [6.45, 7) is 1.82. The Morgan fingerprint density at radius 1 is 0.774 bits per heavy atom. The Morgan fingerprint density at radius 3 is 1.90 bits per heavy atom. The van der Waals surface area contributed by atoms with Gasteiger partial charge in [0.05, 0.1) is 18.0 Å². The fourth-order valence-corrected chi connectivity index (χ4v) is 4.22. The highest BCUT2D eigenvalue weighted by Gasteiger charge is 2.28. The molecule has 3 aromatic carbocycles. The SMILES string of the molecule is CCOc1ccc(OCC(=O)OCC(=O)N2c3ccccc3Sc3ccccc32)cc1. The molecule has 1 heterocycles. The maximum absolute atomic E-state index is 13.0. The van der Waals surface area contributed by atoms with Crippen LogP contribution in [-0.2, 0) is 14.3 Å². The van der Waals surface area contributed by atoms with Gasteiger partial charge in [-0.2, -0.15) is 0 Å². The average molecular weight is 436 g/mol. The van der Waals surface area contributed by atoms with Crippen LogP contribution in [0.2, 0.25) is 0 Å². The monoisotopic (exact) mass is 435 g/mol. The lowest BCUT2D eigenvalue weighted by Crippen LogP contribution is -2.33. The molecular formula is C24H21NO5S. The Bertz CT molecular complexity index is 1040. The molecule has 0 bridgehead atoms. The van der Waals surface area contributed by atoms with Crippen molar-refractivity contribution >= 4 is 35.0 Å². The Balaban J connectivity index is 1.37. The Hall–Kier alpha value is -3.45. The maximum Gasteiger partial charge on any atom is 0.344 e. The van der Waals surface area contributed by atoms with Gasteiger partial charge in [0.1, 0.15) is 11.5 Å². The molecule has 3 aromatic rings. The number of para-hydroxylation sites is 2. The second-order valence-electron chi connectivity index (χ2n) is 6.62. The summed E-state index contributed by atoms with van der Waals surface area (Å²) in [5.74, 6) is 0.302. The van der Waals surface area contributed by atoms with Crippen molar-refractivity contribution in [2.75, 3.05) is 24.7 Å². The standard InChI is InChI=1S/C24H21NO5S/c1-2-28-17-11-13-18(14-12-17)29-16-24(27)30-15-23(26)25-19-7-3-5-9-21(19)31-22-10-6-4-8-20(22)25/h3-14H,2,15-16H2,1H3. The number of anilines is 2. The van der Waals surface area contributed by atoms with Gasteiger partial charge in [-0.05, 0) is 55.5 Å². The predicted octanol–water partition coefficient (Wildman–Crippen LogP) is 4.84. The van der Waals surface area contributed by atoms with E-state index in [1.165, 1.54) is 0 Å². The van der Waals surface area contributed by atoms with Crippen molar-refractivity contribution < 1.29 is 23.8 Å². The predicted molar refractivity (Wildman–Crippen MR) is 118 cm³/mol. The minimum Gasteiger partial charge on any atom is -0.494 e. The van der Waals surface area contributed by atoms with Crippen LogP contribution in [0.15, 0.2) is 82.6 Å². The molecule has 0 fully saturated rings. The van der Waals surface area contributed by atoms with E-state index in [-0.39, 0.29) is 19.1 Å². The molecule has 1 aliphatic heterocycles. The molecule has 0 N–H and O–H groups in total. The highest BCUT2D eigenvalue weighted by Crippen LogP contribution is 2.47. The number of hydrogen-bond donors (Lipinski definition) is 0. The first kappa shape index (κ1) is 20.8. The van der Waals surface area contributed by atoms with Gasteiger partial charge in [0, 0.05) is 9.79 Å². The van der Waals surface area contributed by atoms with Crippen LogP contribution in [0.5, 0.6) is 11.5 Å². The number of hydrogen-bond acceptors (Lipinski definition) is 6. The number of rotatable bonds is 7. The van der Waals surface area contributed by atoms with E-state index >= 15 is 0 Å². The van der Waals surface area contributed by atoms with Crippen LogP contribution in [0.1, 0.15) is 6.92 Å². The number of carbonyl (C=O) groups is 2. The largest absolute Gasteiger partial charge is 0.494 e. The van der Waals surface area contributed by atoms with Crippen LogP contribution in [0.3, 0.4) is 0 Å². The lowest BCUT2D eigenvalue weighted by molar-refractivity contribution is -0.149. The Kier molecular flexibility index (Phi) is 6.43. The molecule has 158 valence electrons. The van der Waals surface area contributed by atoms with Crippen LogP contribution >= 0.6 is 11.8 Å². The van der Waals surface area contributed by atoms with E-state index in [4.69, 9.17) is 14.2 Å². The van der Waals surface area contributed by atoms with Gasteiger partial charge in [-0.1, -0.05) is 36.0 Å². The zero-order chi connectivity index (χ0) is 21.6. The van der Waals surface area contributed by atoms with Crippen LogP contribution in [-0.4, -0.2) is 31.7 Å². The molecular weight excluding hydrogens is 414 g/mol. The van der Waals surface area contributed by atoms with Gasteiger partial charge in [-0.3, -0.25) is 9.69 Å². The fraction of sp³-hybridized carbons (Fsp3) is 0.167. The summed E-state index contributed by atoms with van der Waals surface area (Å²) >= 11 is 1.61. The molecule has 1 amide bonds. The van der Waals surface area contributed by atoms with E-state index in [0.29, 0.717) is 12.4 Å². The van der Waals surface area contributed by atoms with Crippen LogP contribution in [0.25, 0.3) is 0 Å². The summed E-state index contributed by atoms with van der Waals surface area (Å²) in [7, 11) is 0. The van der Waals surface area contributed by atoms with Gasteiger partial charge in [-0.15, -0.1) is 0 Å². The van der Waals surface area contributed by atoms with Crippen LogP contribution < -0.4 is 14.4 Å². The number of nitrogens with zero attached hydrogens (tertiary/aromatic N) is 1. The van der Waals surface area contributed by atoms with Crippen molar-refractivity contribution in [3.05, 3.63) is 72.8 Å². The molecule has 1 aliphatic rings. The number of ether oxygens (including phenoxy) is 3. The number of fused-ring (bicyclic) bond motifs is 2. The summed E-state index contributed by atoms with van der Waals surface area (Å²) in [5.41, 5.74) is 1.55. The number of amides is 1. The molecule has 0 saturated heterocycles. The van der Waals surface area contributed by atoms with Crippen molar-refractivity contribution in [3.8, 4) is 11.5 Å². The molecule has 31 heavy (non-hydrogen) atoms. The van der Waals surface area contributed by atoms with E-state index in [0.717, 1.165) is 26.9 Å². The van der Waals surface area contributed by atoms with Crippen LogP contribution in [0.4, 0.5) is 11.4 Å². The summed E-state index contributed by atoms with van der Waals surface area (Å²) in [5, 5.41) is 0. The lowest BCUT2D eigenvalue weighted by atomic mass is 10.2. The van der Waals surface area contributed by atoms with Gasteiger partial charge < -0.3 is 14.2 Å². The first-order chi connectivity index (χ1) is 15.2. The van der Waals surface area contributed by atoms with Gasteiger partial charge >= 0.3 is 5.97 Å². The molecule has 0 atom stereocenters. The molecule has 0 unspecified atom stereocenters. The Morgan fingerprint density at radius 2 is 1.32 bits per heavy atom. The molecule has 0 saturated carbocycles. The highest BCUT2D eigenvalue weighted by molar-refractivity contribution is 7.99. The highest BCUT2D eigenvalue weighted by atomic mass is 32.2. The third-order valence-electron chi connectivity index (χ3n) is 4.53. The average Bonchev–Trinajstić information content (AvgIpc) is 2.80. The first-order valence-electron chi connectivity index (χ1n) is 9.86. The summed E-state index contributed by atoms with van der Waals surface area (Å²) in [6, 6.07) is 22.3. The van der Waals surface area contributed by atoms with Crippen molar-refractivity contribution in [1.82, 2.24) is 0 Å². The fourth-order valence-electron chi connectivity index (χ4n) is 3.16. The molecule has 6 nitrogen and oxygen atoms in total. The van der Waals surface area contributed by atoms with Crippen molar-refractivity contribution in [3.63, 3.8) is 0 Å². The molecule has 0 spiro atoms. The van der Waals surface area contributed by atoms with Crippen molar-refractivity contribution in [2.45, 2.75) is 16.7 Å². The molecule has 0 aromatic heterocycles. The van der Waals surface area contributed by atoms with Gasteiger partial charge in [0.15, 0.2) is 13.2 Å².